The standard InChI is InChI=1S/C43H26N4O/c1-3-14-28(15-4-1)41-44-42(29-16-5-2-6-17-29)46-43(45-41)35-25-30(26-38-39(35)34-20-10-12-22-37(34)48-38)47-36-21-11-9-19-32(36)33-24-23-27-13-7-8-18-31(27)40(33)47/h1-26H. The van der Waals surface area contributed by atoms with E-state index in [0.29, 0.717) is 17.5 Å². The highest BCUT2D eigenvalue weighted by Crippen LogP contribution is 2.42. The van der Waals surface area contributed by atoms with E-state index in [2.05, 4.69) is 83.4 Å². The van der Waals surface area contributed by atoms with Crippen LogP contribution in [0.2, 0.25) is 0 Å². The molecule has 0 N–H and O–H groups in total. The van der Waals surface area contributed by atoms with Gasteiger partial charge < -0.3 is 8.98 Å². The average Bonchev–Trinajstić information content (AvgIpc) is 3.71. The maximum absolute atomic E-state index is 6.61. The minimum atomic E-state index is 0.590. The van der Waals surface area contributed by atoms with Crippen LogP contribution in [-0.2, 0) is 0 Å². The van der Waals surface area contributed by atoms with Gasteiger partial charge in [0.05, 0.1) is 16.7 Å². The van der Waals surface area contributed by atoms with Crippen molar-refractivity contribution in [2.75, 3.05) is 0 Å². The zero-order valence-electron chi connectivity index (χ0n) is 25.7. The first-order valence-electron chi connectivity index (χ1n) is 16.0. The molecule has 0 radical (unpaired) electrons. The molecule has 0 bridgehead atoms. The minimum absolute atomic E-state index is 0.590. The summed E-state index contributed by atoms with van der Waals surface area (Å²) in [5, 5.41) is 6.77. The van der Waals surface area contributed by atoms with E-state index in [1.807, 2.05) is 78.9 Å². The van der Waals surface area contributed by atoms with Gasteiger partial charge in [-0.05, 0) is 23.6 Å². The summed E-state index contributed by atoms with van der Waals surface area (Å²) in [7, 11) is 0. The first-order valence-corrected chi connectivity index (χ1v) is 16.0. The number of aromatic nitrogens is 4. The van der Waals surface area contributed by atoms with Crippen LogP contribution in [0.15, 0.2) is 162 Å². The fourth-order valence-electron chi connectivity index (χ4n) is 7.07. The third kappa shape index (κ3) is 4.08. The van der Waals surface area contributed by atoms with Gasteiger partial charge in [0.25, 0.3) is 0 Å². The van der Waals surface area contributed by atoms with Gasteiger partial charge in [-0.3, -0.25) is 0 Å². The second kappa shape index (κ2) is 10.5. The molecule has 5 heteroatoms. The molecule has 3 heterocycles. The molecule has 0 aliphatic rings. The van der Waals surface area contributed by atoms with Crippen LogP contribution in [0.25, 0.3) is 94.4 Å². The van der Waals surface area contributed by atoms with Gasteiger partial charge in [-0.15, -0.1) is 0 Å². The van der Waals surface area contributed by atoms with Gasteiger partial charge >= 0.3 is 0 Å². The highest BCUT2D eigenvalue weighted by molar-refractivity contribution is 6.19. The Hall–Kier alpha value is -6.59. The number of benzene rings is 7. The number of rotatable bonds is 4. The lowest BCUT2D eigenvalue weighted by Gasteiger charge is -2.13. The molecule has 224 valence electrons. The maximum Gasteiger partial charge on any atom is 0.164 e. The van der Waals surface area contributed by atoms with Crippen LogP contribution < -0.4 is 0 Å². The van der Waals surface area contributed by atoms with Crippen molar-refractivity contribution in [3.8, 4) is 39.9 Å². The Morgan fingerprint density at radius 3 is 1.79 bits per heavy atom. The van der Waals surface area contributed by atoms with Gasteiger partial charge in [0.1, 0.15) is 11.2 Å². The quantitative estimate of drug-likeness (QED) is 0.198. The zero-order chi connectivity index (χ0) is 31.6. The Balaban J connectivity index is 1.34. The third-order valence-electron chi connectivity index (χ3n) is 9.22. The van der Waals surface area contributed by atoms with Gasteiger partial charge in [-0.2, -0.15) is 0 Å². The number of fused-ring (bicyclic) bond motifs is 8. The van der Waals surface area contributed by atoms with Crippen molar-refractivity contribution in [1.82, 2.24) is 19.5 Å². The summed E-state index contributed by atoms with van der Waals surface area (Å²) in [6, 6.07) is 54.4. The number of hydrogen-bond donors (Lipinski definition) is 0. The van der Waals surface area contributed by atoms with E-state index in [4.69, 9.17) is 19.4 Å². The monoisotopic (exact) mass is 614 g/mol. The first-order chi connectivity index (χ1) is 23.8. The number of furan rings is 1. The fraction of sp³-hybridized carbons (Fsp3) is 0. The fourth-order valence-corrected chi connectivity index (χ4v) is 7.07. The van der Waals surface area contributed by atoms with Crippen molar-refractivity contribution >= 4 is 54.5 Å². The van der Waals surface area contributed by atoms with Crippen LogP contribution in [0.1, 0.15) is 0 Å². The van der Waals surface area contributed by atoms with E-state index in [9.17, 15) is 0 Å². The van der Waals surface area contributed by atoms with Crippen LogP contribution in [0.4, 0.5) is 0 Å². The number of hydrogen-bond acceptors (Lipinski definition) is 4. The summed E-state index contributed by atoms with van der Waals surface area (Å²) in [5.74, 6) is 1.83. The van der Waals surface area contributed by atoms with Crippen molar-refractivity contribution in [2.45, 2.75) is 0 Å². The molecule has 0 atom stereocenters. The summed E-state index contributed by atoms with van der Waals surface area (Å²) in [5.41, 5.74) is 7.58. The van der Waals surface area contributed by atoms with E-state index >= 15 is 0 Å². The van der Waals surface area contributed by atoms with Gasteiger partial charge in [-0.1, -0.05) is 133 Å². The van der Waals surface area contributed by atoms with Crippen LogP contribution in [-0.4, -0.2) is 19.5 Å². The summed E-state index contributed by atoms with van der Waals surface area (Å²) >= 11 is 0. The highest BCUT2D eigenvalue weighted by Gasteiger charge is 2.22. The molecule has 0 aliphatic carbocycles. The second-order valence-electron chi connectivity index (χ2n) is 12.0. The topological polar surface area (TPSA) is 56.7 Å². The molecule has 10 aromatic rings. The SMILES string of the molecule is c1ccc(-c2nc(-c3ccccc3)nc(-c3cc(-n4c5ccccc5c5ccc6ccccc6c54)cc4oc5ccccc5c34)n2)cc1. The normalized spacial score (nSPS) is 11.8. The van der Waals surface area contributed by atoms with Crippen LogP contribution >= 0.6 is 0 Å². The van der Waals surface area contributed by atoms with Gasteiger partial charge in [0.2, 0.25) is 0 Å². The van der Waals surface area contributed by atoms with Crippen molar-refractivity contribution in [1.29, 1.82) is 0 Å². The Kier molecular flexibility index (Phi) is 5.81. The summed E-state index contributed by atoms with van der Waals surface area (Å²) in [4.78, 5) is 15.3. The Morgan fingerprint density at radius 1 is 0.438 bits per heavy atom. The summed E-state index contributed by atoms with van der Waals surface area (Å²) in [6.07, 6.45) is 0. The molecular formula is C43H26N4O. The molecule has 10 rings (SSSR count). The lowest BCUT2D eigenvalue weighted by Crippen LogP contribution is -2.01. The van der Waals surface area contributed by atoms with Crippen molar-refractivity contribution in [3.63, 3.8) is 0 Å². The van der Waals surface area contributed by atoms with Crippen molar-refractivity contribution in [3.05, 3.63) is 158 Å². The Bertz CT molecular complexity index is 2780. The van der Waals surface area contributed by atoms with Gasteiger partial charge in [-0.25, -0.2) is 15.0 Å². The lowest BCUT2D eigenvalue weighted by molar-refractivity contribution is 0.668. The molecule has 0 aliphatic heterocycles. The smallest absolute Gasteiger partial charge is 0.164 e. The largest absolute Gasteiger partial charge is 0.456 e. The first kappa shape index (κ1) is 26.6. The molecule has 0 saturated heterocycles. The van der Waals surface area contributed by atoms with Crippen molar-refractivity contribution < 1.29 is 4.42 Å². The number of para-hydroxylation sites is 2. The predicted molar refractivity (Wildman–Crippen MR) is 195 cm³/mol. The molecule has 0 fully saturated rings. The molecule has 0 spiro atoms. The molecule has 3 aromatic heterocycles. The van der Waals surface area contributed by atoms with Crippen LogP contribution in [0.3, 0.4) is 0 Å². The van der Waals surface area contributed by atoms with E-state index < -0.39 is 0 Å². The molecule has 0 unspecified atom stereocenters. The predicted octanol–water partition coefficient (Wildman–Crippen LogP) is 11.0. The average molecular weight is 615 g/mol. The number of nitrogens with zero attached hydrogens (tertiary/aromatic N) is 4. The molecule has 0 saturated carbocycles. The lowest BCUT2D eigenvalue weighted by atomic mass is 10.0. The van der Waals surface area contributed by atoms with Crippen molar-refractivity contribution in [2.24, 2.45) is 0 Å². The molecule has 48 heavy (non-hydrogen) atoms. The van der Waals surface area contributed by atoms with E-state index in [1.54, 1.807) is 0 Å². The molecule has 0 amide bonds. The summed E-state index contributed by atoms with van der Waals surface area (Å²) < 4.78 is 8.97. The second-order valence-corrected chi connectivity index (χ2v) is 12.0. The molecular weight excluding hydrogens is 589 g/mol. The third-order valence-corrected chi connectivity index (χ3v) is 9.22. The Morgan fingerprint density at radius 2 is 1.04 bits per heavy atom. The van der Waals surface area contributed by atoms with Crippen LogP contribution in [0, 0.1) is 0 Å². The van der Waals surface area contributed by atoms with Gasteiger partial charge in [0, 0.05) is 49.7 Å². The Labute approximate surface area is 275 Å². The highest BCUT2D eigenvalue weighted by atomic mass is 16.3. The minimum Gasteiger partial charge on any atom is -0.456 e. The molecule has 5 nitrogen and oxygen atoms in total. The zero-order valence-corrected chi connectivity index (χ0v) is 25.7. The van der Waals surface area contributed by atoms with E-state index in [1.165, 1.54) is 21.5 Å². The van der Waals surface area contributed by atoms with Crippen LogP contribution in [0.5, 0.6) is 0 Å². The molecule has 7 aromatic carbocycles. The van der Waals surface area contributed by atoms with E-state index in [0.717, 1.165) is 55.3 Å². The maximum atomic E-state index is 6.61. The van der Waals surface area contributed by atoms with Gasteiger partial charge in [0.15, 0.2) is 17.5 Å². The van der Waals surface area contributed by atoms with E-state index in [-0.39, 0.29) is 0 Å². The summed E-state index contributed by atoms with van der Waals surface area (Å²) in [6.45, 7) is 0.